The predicted molar refractivity (Wildman–Crippen MR) is 127 cm³/mol. The van der Waals surface area contributed by atoms with Crippen LogP contribution in [-0.4, -0.2) is 59.1 Å². The number of methoxy groups -OCH3 is 1. The average molecular weight is 464 g/mol. The molecular formula is C27H30FN3O3. The zero-order valence-corrected chi connectivity index (χ0v) is 19.4. The molecule has 178 valence electrons. The fourth-order valence-electron chi connectivity index (χ4n) is 6.14. The Hall–Kier alpha value is -2.90. The number of halogens is 1. The van der Waals surface area contributed by atoms with E-state index in [4.69, 9.17) is 4.74 Å². The number of carbonyl (C=O) groups is 1. The fourth-order valence-corrected chi connectivity index (χ4v) is 6.14. The van der Waals surface area contributed by atoms with Crippen molar-refractivity contribution in [2.24, 2.45) is 5.92 Å². The van der Waals surface area contributed by atoms with E-state index in [0.29, 0.717) is 31.7 Å². The van der Waals surface area contributed by atoms with Crippen LogP contribution in [0.25, 0.3) is 10.9 Å². The van der Waals surface area contributed by atoms with Crippen LogP contribution < -0.4 is 4.74 Å². The standard InChI is InChI=1S/C27H30FN3O3/c1-34-19-9-10-20-22(11-19)29-25-23(13-32)30(12-18-5-2-3-8-21(18)28)14-27(24(20)25)15-31(16-27)26(33)17-6-4-7-17/h2-3,5,8-11,17,23,29,32H,4,6-7,12-16H2,1H3/t23-/m0/s1. The van der Waals surface area contributed by atoms with E-state index in [2.05, 4.69) is 16.0 Å². The molecule has 1 aliphatic carbocycles. The van der Waals surface area contributed by atoms with Crippen molar-refractivity contribution < 1.29 is 19.0 Å². The molecule has 7 heteroatoms. The molecule has 1 amide bonds. The number of nitrogens with one attached hydrogen (secondary N) is 1. The number of ether oxygens (including phenoxy) is 1. The molecule has 2 aliphatic heterocycles. The zero-order chi connectivity index (χ0) is 23.4. The number of aromatic amines is 1. The van der Waals surface area contributed by atoms with Gasteiger partial charge in [0, 0.05) is 65.7 Å². The van der Waals surface area contributed by atoms with Crippen LogP contribution in [0.1, 0.15) is 42.1 Å². The van der Waals surface area contributed by atoms with Gasteiger partial charge in [0.1, 0.15) is 11.6 Å². The monoisotopic (exact) mass is 463 g/mol. The van der Waals surface area contributed by atoms with Crippen LogP contribution in [0.5, 0.6) is 5.75 Å². The fraction of sp³-hybridized carbons (Fsp3) is 0.444. The number of rotatable bonds is 5. The number of hydrogen-bond donors (Lipinski definition) is 2. The number of fused-ring (bicyclic) bond motifs is 4. The lowest BCUT2D eigenvalue weighted by molar-refractivity contribution is -0.148. The number of amides is 1. The van der Waals surface area contributed by atoms with Gasteiger partial charge in [-0.15, -0.1) is 0 Å². The van der Waals surface area contributed by atoms with Gasteiger partial charge in [-0.1, -0.05) is 24.6 Å². The number of H-pyrrole nitrogens is 1. The third-order valence-electron chi connectivity index (χ3n) is 8.10. The van der Waals surface area contributed by atoms with E-state index in [0.717, 1.165) is 41.6 Å². The topological polar surface area (TPSA) is 68.8 Å². The maximum Gasteiger partial charge on any atom is 0.225 e. The molecule has 1 atom stereocenters. The van der Waals surface area contributed by atoms with Crippen molar-refractivity contribution in [1.82, 2.24) is 14.8 Å². The number of nitrogens with zero attached hydrogens (tertiary/aromatic N) is 2. The van der Waals surface area contributed by atoms with E-state index in [1.165, 1.54) is 11.6 Å². The predicted octanol–water partition coefficient (Wildman–Crippen LogP) is 3.74. The van der Waals surface area contributed by atoms with Gasteiger partial charge in [-0.3, -0.25) is 9.69 Å². The summed E-state index contributed by atoms with van der Waals surface area (Å²) in [6.07, 6.45) is 3.12. The van der Waals surface area contributed by atoms with Crippen molar-refractivity contribution in [3.8, 4) is 5.75 Å². The molecule has 1 saturated heterocycles. The molecule has 3 aliphatic rings. The van der Waals surface area contributed by atoms with Crippen LogP contribution >= 0.6 is 0 Å². The van der Waals surface area contributed by atoms with E-state index >= 15 is 0 Å². The van der Waals surface area contributed by atoms with Crippen LogP contribution in [0.15, 0.2) is 42.5 Å². The molecule has 2 fully saturated rings. The molecule has 3 aromatic rings. The highest BCUT2D eigenvalue weighted by molar-refractivity contribution is 5.89. The summed E-state index contributed by atoms with van der Waals surface area (Å²) < 4.78 is 20.0. The first kappa shape index (κ1) is 21.6. The number of hydrogen-bond acceptors (Lipinski definition) is 4. The lowest BCUT2D eigenvalue weighted by Gasteiger charge is -2.57. The van der Waals surface area contributed by atoms with Gasteiger partial charge in [0.05, 0.1) is 19.8 Å². The molecule has 0 radical (unpaired) electrons. The van der Waals surface area contributed by atoms with E-state index in [1.807, 2.05) is 23.1 Å². The first-order chi connectivity index (χ1) is 16.5. The maximum absolute atomic E-state index is 14.5. The van der Waals surface area contributed by atoms with Crippen molar-refractivity contribution in [2.75, 3.05) is 33.4 Å². The minimum absolute atomic E-state index is 0.0772. The Morgan fingerprint density at radius 2 is 2.00 bits per heavy atom. The number of aliphatic hydroxyl groups is 1. The van der Waals surface area contributed by atoms with Gasteiger partial charge >= 0.3 is 0 Å². The number of likely N-dealkylation sites (tertiary alicyclic amines) is 1. The highest BCUT2D eigenvalue weighted by Gasteiger charge is 2.54. The lowest BCUT2D eigenvalue weighted by Crippen LogP contribution is -2.68. The number of carbonyl (C=O) groups excluding carboxylic acids is 1. The van der Waals surface area contributed by atoms with Crippen molar-refractivity contribution in [3.05, 3.63) is 65.1 Å². The second-order valence-corrected chi connectivity index (χ2v) is 10.1. The Balaban J connectivity index is 1.41. The molecule has 1 saturated carbocycles. The van der Waals surface area contributed by atoms with Crippen molar-refractivity contribution >= 4 is 16.8 Å². The molecule has 6 rings (SSSR count). The number of benzene rings is 2. The van der Waals surface area contributed by atoms with Gasteiger partial charge in [-0.05, 0) is 36.6 Å². The quantitative estimate of drug-likeness (QED) is 0.605. The van der Waals surface area contributed by atoms with Crippen LogP contribution in [0.4, 0.5) is 4.39 Å². The maximum atomic E-state index is 14.5. The van der Waals surface area contributed by atoms with Gasteiger partial charge in [0.2, 0.25) is 5.91 Å². The van der Waals surface area contributed by atoms with Gasteiger partial charge < -0.3 is 19.7 Å². The molecule has 2 N–H and O–H groups in total. The average Bonchev–Trinajstić information content (AvgIpc) is 3.16. The van der Waals surface area contributed by atoms with Crippen molar-refractivity contribution in [1.29, 1.82) is 0 Å². The Morgan fingerprint density at radius 3 is 2.68 bits per heavy atom. The molecule has 1 spiro atoms. The van der Waals surface area contributed by atoms with Crippen LogP contribution in [0, 0.1) is 11.7 Å². The van der Waals surface area contributed by atoms with Crippen LogP contribution in [0.3, 0.4) is 0 Å². The first-order valence-corrected chi connectivity index (χ1v) is 12.1. The van der Waals surface area contributed by atoms with E-state index in [1.54, 1.807) is 19.2 Å². The Kier molecular flexibility index (Phi) is 5.15. The normalized spacial score (nSPS) is 21.9. The number of aliphatic hydroxyl groups excluding tert-OH is 1. The van der Waals surface area contributed by atoms with Crippen molar-refractivity contribution in [3.63, 3.8) is 0 Å². The lowest BCUT2D eigenvalue weighted by atomic mass is 9.68. The third kappa shape index (κ3) is 3.25. The summed E-state index contributed by atoms with van der Waals surface area (Å²) in [5, 5.41) is 11.6. The molecule has 2 aromatic carbocycles. The minimum atomic E-state index is -0.282. The summed E-state index contributed by atoms with van der Waals surface area (Å²) in [5.74, 6) is 0.965. The van der Waals surface area contributed by atoms with Crippen molar-refractivity contribution in [2.45, 2.75) is 37.3 Å². The zero-order valence-electron chi connectivity index (χ0n) is 19.4. The van der Waals surface area contributed by atoms with E-state index < -0.39 is 0 Å². The van der Waals surface area contributed by atoms with Gasteiger partial charge in [-0.2, -0.15) is 0 Å². The summed E-state index contributed by atoms with van der Waals surface area (Å²) in [6, 6.07) is 12.5. The Morgan fingerprint density at radius 1 is 1.21 bits per heavy atom. The summed E-state index contributed by atoms with van der Waals surface area (Å²) in [6.45, 7) is 2.29. The van der Waals surface area contributed by atoms with Crippen LogP contribution in [0.2, 0.25) is 0 Å². The van der Waals surface area contributed by atoms with Crippen LogP contribution in [-0.2, 0) is 16.8 Å². The second-order valence-electron chi connectivity index (χ2n) is 10.1. The highest BCUT2D eigenvalue weighted by Crippen LogP contribution is 2.49. The molecule has 1 aromatic heterocycles. The van der Waals surface area contributed by atoms with Gasteiger partial charge in [0.15, 0.2) is 0 Å². The second kappa shape index (κ2) is 8.10. The highest BCUT2D eigenvalue weighted by atomic mass is 19.1. The first-order valence-electron chi connectivity index (χ1n) is 12.1. The van der Waals surface area contributed by atoms with Gasteiger partial charge in [-0.25, -0.2) is 4.39 Å². The molecular weight excluding hydrogens is 433 g/mol. The summed E-state index contributed by atoms with van der Waals surface area (Å²) in [4.78, 5) is 20.7. The van der Waals surface area contributed by atoms with E-state index in [-0.39, 0.29) is 35.7 Å². The Labute approximate surface area is 198 Å². The molecule has 34 heavy (non-hydrogen) atoms. The summed E-state index contributed by atoms with van der Waals surface area (Å²) in [7, 11) is 1.65. The van der Waals surface area contributed by atoms with Gasteiger partial charge in [0.25, 0.3) is 0 Å². The molecule has 3 heterocycles. The Bertz CT molecular complexity index is 1250. The summed E-state index contributed by atoms with van der Waals surface area (Å²) in [5.41, 5.74) is 3.46. The SMILES string of the molecule is COc1ccc2c3c([nH]c2c1)[C@H](CO)N(Cc1ccccc1F)CC31CN(C(=O)C2CCC2)C1. The third-order valence-corrected chi connectivity index (χ3v) is 8.10. The largest absolute Gasteiger partial charge is 0.497 e. The smallest absolute Gasteiger partial charge is 0.225 e. The molecule has 0 unspecified atom stereocenters. The van der Waals surface area contributed by atoms with E-state index in [9.17, 15) is 14.3 Å². The minimum Gasteiger partial charge on any atom is -0.497 e. The molecule has 0 bridgehead atoms. The molecule has 6 nitrogen and oxygen atoms in total. The summed E-state index contributed by atoms with van der Waals surface area (Å²) >= 11 is 0. The number of aromatic nitrogens is 1.